The van der Waals surface area contributed by atoms with Gasteiger partial charge in [0.15, 0.2) is 0 Å². The molecule has 0 bridgehead atoms. The van der Waals surface area contributed by atoms with Gasteiger partial charge in [0.1, 0.15) is 5.82 Å². The molecule has 1 aromatic heterocycles. The van der Waals surface area contributed by atoms with Crippen molar-refractivity contribution in [3.8, 4) is 0 Å². The van der Waals surface area contributed by atoms with Crippen LogP contribution in [0.2, 0.25) is 0 Å². The van der Waals surface area contributed by atoms with Crippen LogP contribution in [0.15, 0.2) is 36.7 Å². The topological polar surface area (TPSA) is 40.7 Å². The summed E-state index contributed by atoms with van der Waals surface area (Å²) in [6, 6.07) is 5.53. The van der Waals surface area contributed by atoms with Gasteiger partial charge in [-0.15, -0.1) is 0 Å². The number of benzene rings is 1. The van der Waals surface area contributed by atoms with E-state index in [0.717, 1.165) is 24.7 Å². The van der Waals surface area contributed by atoms with Gasteiger partial charge in [-0.25, -0.2) is 4.98 Å². The molecular weight excluding hydrogens is 279 g/mol. The Morgan fingerprint density at radius 3 is 2.76 bits per heavy atom. The molecule has 0 radical (unpaired) electrons. The Labute approximate surface area is 120 Å². The average Bonchev–Trinajstić information content (AvgIpc) is 3.14. The fraction of sp³-hybridized carbons (Fsp3) is 0.400. The largest absolute Gasteiger partial charge is 0.416 e. The third-order valence-electron chi connectivity index (χ3n) is 3.71. The van der Waals surface area contributed by atoms with E-state index in [1.165, 1.54) is 12.1 Å². The van der Waals surface area contributed by atoms with Crippen molar-refractivity contribution in [2.75, 3.05) is 0 Å². The Balaban J connectivity index is 1.77. The summed E-state index contributed by atoms with van der Waals surface area (Å²) in [4.78, 5) is 7.11. The van der Waals surface area contributed by atoms with Crippen molar-refractivity contribution in [2.24, 2.45) is 5.92 Å². The standard InChI is InChI=1S/C15H16F3N3/c16-15(17,18)12-3-1-2-11(8-12)14(10-4-5-10)21-9-13-19-6-7-20-13/h1-3,6-8,10,14,21H,4-5,9H2,(H,19,20)/t14-/m0/s1. The molecule has 1 fully saturated rings. The zero-order chi connectivity index (χ0) is 14.9. The van der Waals surface area contributed by atoms with Crippen LogP contribution in [0.1, 0.15) is 35.8 Å². The Morgan fingerprint density at radius 1 is 1.33 bits per heavy atom. The number of aromatic amines is 1. The van der Waals surface area contributed by atoms with Crippen molar-refractivity contribution >= 4 is 0 Å². The fourth-order valence-electron chi connectivity index (χ4n) is 2.50. The van der Waals surface area contributed by atoms with Crippen molar-refractivity contribution < 1.29 is 13.2 Å². The maximum absolute atomic E-state index is 12.8. The highest BCUT2D eigenvalue weighted by molar-refractivity contribution is 5.29. The molecule has 6 heteroatoms. The first-order chi connectivity index (χ1) is 10.0. The Hall–Kier alpha value is -1.82. The lowest BCUT2D eigenvalue weighted by molar-refractivity contribution is -0.137. The molecule has 1 saturated carbocycles. The highest BCUT2D eigenvalue weighted by atomic mass is 19.4. The molecule has 0 spiro atoms. The van der Waals surface area contributed by atoms with Crippen molar-refractivity contribution in [2.45, 2.75) is 31.6 Å². The third kappa shape index (κ3) is 3.44. The number of imidazole rings is 1. The second kappa shape index (κ2) is 5.52. The Kier molecular flexibility index (Phi) is 3.71. The van der Waals surface area contributed by atoms with Gasteiger partial charge in [-0.05, 0) is 36.5 Å². The molecule has 0 saturated heterocycles. The van der Waals surface area contributed by atoms with Crippen LogP contribution in [0, 0.1) is 5.92 Å². The third-order valence-corrected chi connectivity index (χ3v) is 3.71. The first-order valence-corrected chi connectivity index (χ1v) is 6.93. The van der Waals surface area contributed by atoms with Crippen LogP contribution in [-0.2, 0) is 12.7 Å². The Bertz CT molecular complexity index is 588. The molecule has 1 aromatic carbocycles. The van der Waals surface area contributed by atoms with E-state index in [0.29, 0.717) is 18.0 Å². The lowest BCUT2D eigenvalue weighted by Gasteiger charge is -2.19. The van der Waals surface area contributed by atoms with Crippen molar-refractivity contribution in [1.82, 2.24) is 15.3 Å². The van der Waals surface area contributed by atoms with E-state index in [2.05, 4.69) is 15.3 Å². The monoisotopic (exact) mass is 295 g/mol. The molecule has 0 amide bonds. The van der Waals surface area contributed by atoms with E-state index < -0.39 is 11.7 Å². The SMILES string of the molecule is FC(F)(F)c1cccc([C@@H](NCc2ncc[nH]2)C2CC2)c1. The van der Waals surface area contributed by atoms with Gasteiger partial charge in [0.25, 0.3) is 0 Å². The van der Waals surface area contributed by atoms with E-state index in [-0.39, 0.29) is 6.04 Å². The molecule has 21 heavy (non-hydrogen) atoms. The minimum atomic E-state index is -4.30. The molecule has 1 heterocycles. The van der Waals surface area contributed by atoms with Gasteiger partial charge >= 0.3 is 6.18 Å². The number of hydrogen-bond acceptors (Lipinski definition) is 2. The number of nitrogens with zero attached hydrogens (tertiary/aromatic N) is 1. The van der Waals surface area contributed by atoms with E-state index in [4.69, 9.17) is 0 Å². The fourth-order valence-corrected chi connectivity index (χ4v) is 2.50. The molecular formula is C15H16F3N3. The van der Waals surface area contributed by atoms with E-state index >= 15 is 0 Å². The minimum Gasteiger partial charge on any atom is -0.348 e. The summed E-state index contributed by atoms with van der Waals surface area (Å²) in [6.45, 7) is 0.518. The van der Waals surface area contributed by atoms with Gasteiger partial charge in [0, 0.05) is 18.4 Å². The first-order valence-electron chi connectivity index (χ1n) is 6.93. The molecule has 112 valence electrons. The summed E-state index contributed by atoms with van der Waals surface area (Å²) in [5, 5.41) is 3.32. The van der Waals surface area contributed by atoms with Gasteiger partial charge in [-0.1, -0.05) is 12.1 Å². The number of halogens is 3. The number of aromatic nitrogens is 2. The van der Waals surface area contributed by atoms with Gasteiger partial charge in [-0.2, -0.15) is 13.2 Å². The molecule has 0 aliphatic heterocycles. The first kappa shape index (κ1) is 14.1. The maximum atomic E-state index is 12.8. The van der Waals surface area contributed by atoms with E-state index in [1.807, 2.05) is 0 Å². The van der Waals surface area contributed by atoms with Gasteiger partial charge in [0.05, 0.1) is 12.1 Å². The van der Waals surface area contributed by atoms with Crippen molar-refractivity contribution in [3.63, 3.8) is 0 Å². The molecule has 2 aromatic rings. The summed E-state index contributed by atoms with van der Waals surface area (Å²) in [7, 11) is 0. The van der Waals surface area contributed by atoms with E-state index in [9.17, 15) is 13.2 Å². The number of H-pyrrole nitrogens is 1. The average molecular weight is 295 g/mol. The zero-order valence-corrected chi connectivity index (χ0v) is 11.3. The number of rotatable bonds is 5. The maximum Gasteiger partial charge on any atom is 0.416 e. The highest BCUT2D eigenvalue weighted by Gasteiger charge is 2.35. The summed E-state index contributed by atoms with van der Waals surface area (Å²) >= 11 is 0. The molecule has 1 aliphatic carbocycles. The Morgan fingerprint density at radius 2 is 2.14 bits per heavy atom. The number of hydrogen-bond donors (Lipinski definition) is 2. The van der Waals surface area contributed by atoms with Crippen LogP contribution in [0.5, 0.6) is 0 Å². The predicted octanol–water partition coefficient (Wildman–Crippen LogP) is 3.67. The molecule has 2 N–H and O–H groups in total. The minimum absolute atomic E-state index is 0.0580. The zero-order valence-electron chi connectivity index (χ0n) is 11.3. The van der Waals surface area contributed by atoms with Crippen LogP contribution >= 0.6 is 0 Å². The number of nitrogens with one attached hydrogen (secondary N) is 2. The van der Waals surface area contributed by atoms with Gasteiger partial charge in [-0.3, -0.25) is 0 Å². The summed E-state index contributed by atoms with van der Waals surface area (Å²) in [5.74, 6) is 1.19. The van der Waals surface area contributed by atoms with Crippen LogP contribution in [0.25, 0.3) is 0 Å². The second-order valence-electron chi connectivity index (χ2n) is 5.36. The van der Waals surface area contributed by atoms with Crippen molar-refractivity contribution in [3.05, 3.63) is 53.6 Å². The normalized spacial score (nSPS) is 16.9. The van der Waals surface area contributed by atoms with Crippen molar-refractivity contribution in [1.29, 1.82) is 0 Å². The van der Waals surface area contributed by atoms with Gasteiger partial charge < -0.3 is 10.3 Å². The second-order valence-corrected chi connectivity index (χ2v) is 5.36. The summed E-state index contributed by atoms with van der Waals surface area (Å²) < 4.78 is 38.5. The van der Waals surface area contributed by atoms with Gasteiger partial charge in [0.2, 0.25) is 0 Å². The molecule has 1 atom stereocenters. The molecule has 3 rings (SSSR count). The predicted molar refractivity (Wildman–Crippen MR) is 72.3 cm³/mol. The summed E-state index contributed by atoms with van der Waals surface area (Å²) in [6.07, 6.45) is 1.18. The van der Waals surface area contributed by atoms with Crippen LogP contribution < -0.4 is 5.32 Å². The highest BCUT2D eigenvalue weighted by Crippen LogP contribution is 2.42. The van der Waals surface area contributed by atoms with E-state index in [1.54, 1.807) is 18.5 Å². The van der Waals surface area contributed by atoms with Crippen LogP contribution in [-0.4, -0.2) is 9.97 Å². The van der Waals surface area contributed by atoms with Crippen LogP contribution in [0.4, 0.5) is 13.2 Å². The quantitative estimate of drug-likeness (QED) is 0.883. The lowest BCUT2D eigenvalue weighted by Crippen LogP contribution is -2.23. The lowest BCUT2D eigenvalue weighted by atomic mass is 10.00. The van der Waals surface area contributed by atoms with Crippen LogP contribution in [0.3, 0.4) is 0 Å². The smallest absolute Gasteiger partial charge is 0.348 e. The molecule has 0 unspecified atom stereocenters. The summed E-state index contributed by atoms with van der Waals surface area (Å²) in [5.41, 5.74) is 0.101. The molecule has 1 aliphatic rings. The number of alkyl halides is 3. The molecule has 3 nitrogen and oxygen atoms in total.